The van der Waals surface area contributed by atoms with Gasteiger partial charge >= 0.3 is 0 Å². The minimum Gasteiger partial charge on any atom is -0.334 e. The molecule has 2 heterocycles. The lowest BCUT2D eigenvalue weighted by molar-refractivity contribution is 0.0583. The summed E-state index contributed by atoms with van der Waals surface area (Å²) in [6.07, 6.45) is 4.82. The first kappa shape index (κ1) is 12.1. The number of nitrogens with zero attached hydrogens (tertiary/aromatic N) is 2. The number of hydrogen-bond acceptors (Lipinski definition) is 3. The van der Waals surface area contributed by atoms with Gasteiger partial charge in [0.25, 0.3) is 5.91 Å². The molecule has 0 aromatic carbocycles. The van der Waals surface area contributed by atoms with Gasteiger partial charge in [-0.25, -0.2) is 0 Å². The molecule has 1 saturated heterocycles. The quantitative estimate of drug-likeness (QED) is 0.806. The van der Waals surface area contributed by atoms with Crippen LogP contribution in [0, 0.1) is 6.92 Å². The Hall–Kier alpha value is -1.36. The van der Waals surface area contributed by atoms with E-state index in [1.54, 1.807) is 6.20 Å². The van der Waals surface area contributed by atoms with E-state index < -0.39 is 0 Å². The number of nitrogens with one attached hydrogen (secondary N) is 1. The van der Waals surface area contributed by atoms with Gasteiger partial charge < -0.3 is 10.6 Å². The van der Waals surface area contributed by atoms with E-state index >= 15 is 0 Å². The molecule has 1 aliphatic rings. The standard InChI is InChI=1S/C12H20N4O/c1-8(13)11-5-3-4-6-16(11)12(17)10-7-14-15-9(10)2/h7-8,11H,3-6,13H2,1-2H3,(H,14,15). The van der Waals surface area contributed by atoms with E-state index in [-0.39, 0.29) is 18.0 Å². The molecule has 5 heteroatoms. The molecule has 3 N–H and O–H groups in total. The molecule has 0 radical (unpaired) electrons. The van der Waals surface area contributed by atoms with Crippen molar-refractivity contribution in [3.63, 3.8) is 0 Å². The Kier molecular flexibility index (Phi) is 3.47. The Bertz CT molecular complexity index is 399. The van der Waals surface area contributed by atoms with E-state index in [2.05, 4.69) is 10.2 Å². The minimum absolute atomic E-state index is 0.0199. The van der Waals surface area contributed by atoms with Crippen molar-refractivity contribution in [1.82, 2.24) is 15.1 Å². The maximum absolute atomic E-state index is 12.4. The van der Waals surface area contributed by atoms with Crippen molar-refractivity contribution in [1.29, 1.82) is 0 Å². The zero-order valence-electron chi connectivity index (χ0n) is 10.4. The zero-order chi connectivity index (χ0) is 12.4. The Morgan fingerprint density at radius 2 is 2.41 bits per heavy atom. The predicted molar refractivity (Wildman–Crippen MR) is 65.6 cm³/mol. The Morgan fingerprint density at radius 1 is 1.65 bits per heavy atom. The molecule has 1 amide bonds. The van der Waals surface area contributed by atoms with Gasteiger partial charge in [0.15, 0.2) is 0 Å². The molecule has 1 aliphatic heterocycles. The van der Waals surface area contributed by atoms with Gasteiger partial charge in [-0.3, -0.25) is 9.89 Å². The van der Waals surface area contributed by atoms with Crippen LogP contribution in [0.4, 0.5) is 0 Å². The number of aromatic amines is 1. The molecule has 94 valence electrons. The van der Waals surface area contributed by atoms with E-state index in [1.165, 1.54) is 0 Å². The van der Waals surface area contributed by atoms with Crippen LogP contribution in [0.2, 0.25) is 0 Å². The predicted octanol–water partition coefficient (Wildman–Crippen LogP) is 1.06. The maximum atomic E-state index is 12.4. The molecule has 17 heavy (non-hydrogen) atoms. The molecule has 1 aromatic rings. The Morgan fingerprint density at radius 3 is 3.00 bits per heavy atom. The summed E-state index contributed by atoms with van der Waals surface area (Å²) in [5.41, 5.74) is 7.46. The topological polar surface area (TPSA) is 75.0 Å². The van der Waals surface area contributed by atoms with Crippen LogP contribution in [-0.2, 0) is 0 Å². The van der Waals surface area contributed by atoms with Gasteiger partial charge in [-0.15, -0.1) is 0 Å². The van der Waals surface area contributed by atoms with Gasteiger partial charge in [-0.1, -0.05) is 0 Å². The van der Waals surface area contributed by atoms with Crippen molar-refractivity contribution >= 4 is 5.91 Å². The van der Waals surface area contributed by atoms with Crippen molar-refractivity contribution in [2.45, 2.75) is 45.2 Å². The molecular formula is C12H20N4O. The highest BCUT2D eigenvalue weighted by Crippen LogP contribution is 2.21. The van der Waals surface area contributed by atoms with E-state index in [0.29, 0.717) is 5.56 Å². The van der Waals surface area contributed by atoms with Gasteiger partial charge in [0, 0.05) is 24.3 Å². The van der Waals surface area contributed by atoms with Crippen molar-refractivity contribution in [3.8, 4) is 0 Å². The lowest BCUT2D eigenvalue weighted by Gasteiger charge is -2.38. The lowest BCUT2D eigenvalue weighted by Crippen LogP contribution is -2.51. The molecule has 2 atom stereocenters. The average Bonchev–Trinajstić information content (AvgIpc) is 2.74. The normalized spacial score (nSPS) is 22.5. The van der Waals surface area contributed by atoms with Crippen LogP contribution in [0.5, 0.6) is 0 Å². The molecule has 1 aromatic heterocycles. The number of amides is 1. The fourth-order valence-corrected chi connectivity index (χ4v) is 2.48. The second-order valence-corrected chi connectivity index (χ2v) is 4.83. The monoisotopic (exact) mass is 236 g/mol. The van der Waals surface area contributed by atoms with Crippen molar-refractivity contribution < 1.29 is 4.79 Å². The summed E-state index contributed by atoms with van der Waals surface area (Å²) in [7, 11) is 0. The lowest BCUT2D eigenvalue weighted by atomic mass is 9.96. The number of piperidine rings is 1. The van der Waals surface area contributed by atoms with E-state index in [1.807, 2.05) is 18.7 Å². The fraction of sp³-hybridized carbons (Fsp3) is 0.667. The Labute approximate surface area is 101 Å². The van der Waals surface area contributed by atoms with Crippen LogP contribution in [0.3, 0.4) is 0 Å². The minimum atomic E-state index is 0.0199. The summed E-state index contributed by atoms with van der Waals surface area (Å²) in [4.78, 5) is 14.3. The number of rotatable bonds is 2. The molecule has 0 bridgehead atoms. The van der Waals surface area contributed by atoms with Crippen molar-refractivity contribution in [2.24, 2.45) is 5.73 Å². The van der Waals surface area contributed by atoms with Crippen LogP contribution < -0.4 is 5.73 Å². The van der Waals surface area contributed by atoms with E-state index in [4.69, 9.17) is 5.73 Å². The molecule has 0 aliphatic carbocycles. The number of hydrogen-bond donors (Lipinski definition) is 2. The third-order valence-electron chi connectivity index (χ3n) is 3.48. The van der Waals surface area contributed by atoms with E-state index in [9.17, 15) is 4.79 Å². The molecule has 5 nitrogen and oxygen atoms in total. The summed E-state index contributed by atoms with van der Waals surface area (Å²) in [6.45, 7) is 4.64. The first-order valence-corrected chi connectivity index (χ1v) is 6.17. The van der Waals surface area contributed by atoms with Gasteiger partial charge in [0.2, 0.25) is 0 Å². The van der Waals surface area contributed by atoms with E-state index in [0.717, 1.165) is 31.5 Å². The van der Waals surface area contributed by atoms with Crippen molar-refractivity contribution in [3.05, 3.63) is 17.5 Å². The maximum Gasteiger partial charge on any atom is 0.257 e. The number of aryl methyl sites for hydroxylation is 1. The number of carbonyl (C=O) groups excluding carboxylic acids is 1. The summed E-state index contributed by atoms with van der Waals surface area (Å²) in [6, 6.07) is 0.178. The number of carbonyl (C=O) groups is 1. The zero-order valence-corrected chi connectivity index (χ0v) is 10.4. The smallest absolute Gasteiger partial charge is 0.257 e. The van der Waals surface area contributed by atoms with Crippen LogP contribution >= 0.6 is 0 Å². The Balaban J connectivity index is 2.20. The number of H-pyrrole nitrogens is 1. The largest absolute Gasteiger partial charge is 0.334 e. The van der Waals surface area contributed by atoms with Crippen LogP contribution in [0.15, 0.2) is 6.20 Å². The average molecular weight is 236 g/mol. The fourth-order valence-electron chi connectivity index (χ4n) is 2.48. The second-order valence-electron chi connectivity index (χ2n) is 4.83. The highest BCUT2D eigenvalue weighted by Gasteiger charge is 2.30. The number of aromatic nitrogens is 2. The highest BCUT2D eigenvalue weighted by atomic mass is 16.2. The molecular weight excluding hydrogens is 216 g/mol. The molecule has 0 spiro atoms. The van der Waals surface area contributed by atoms with Crippen LogP contribution in [-0.4, -0.2) is 39.6 Å². The second kappa shape index (κ2) is 4.87. The first-order valence-electron chi connectivity index (χ1n) is 6.17. The third-order valence-corrected chi connectivity index (χ3v) is 3.48. The SMILES string of the molecule is Cc1[nH]ncc1C(=O)N1CCCCC1C(C)N. The highest BCUT2D eigenvalue weighted by molar-refractivity contribution is 5.95. The molecule has 2 unspecified atom stereocenters. The van der Waals surface area contributed by atoms with Crippen LogP contribution in [0.1, 0.15) is 42.2 Å². The number of nitrogens with two attached hydrogens (primary N) is 1. The summed E-state index contributed by atoms with van der Waals surface area (Å²) < 4.78 is 0. The molecule has 0 saturated carbocycles. The summed E-state index contributed by atoms with van der Waals surface area (Å²) in [5, 5.41) is 6.71. The third kappa shape index (κ3) is 2.34. The molecule has 2 rings (SSSR count). The van der Waals surface area contributed by atoms with Crippen LogP contribution in [0.25, 0.3) is 0 Å². The first-order chi connectivity index (χ1) is 8.11. The van der Waals surface area contributed by atoms with Gasteiger partial charge in [0.05, 0.1) is 11.8 Å². The van der Waals surface area contributed by atoms with Gasteiger partial charge in [-0.05, 0) is 33.1 Å². The van der Waals surface area contributed by atoms with Gasteiger partial charge in [-0.2, -0.15) is 5.10 Å². The molecule has 1 fully saturated rings. The van der Waals surface area contributed by atoms with Crippen molar-refractivity contribution in [2.75, 3.05) is 6.54 Å². The summed E-state index contributed by atoms with van der Waals surface area (Å²) >= 11 is 0. The van der Waals surface area contributed by atoms with Gasteiger partial charge in [0.1, 0.15) is 0 Å². The number of likely N-dealkylation sites (tertiary alicyclic amines) is 1. The summed E-state index contributed by atoms with van der Waals surface area (Å²) in [5.74, 6) is 0.0539.